The van der Waals surface area contributed by atoms with Crippen LogP contribution in [-0.2, 0) is 4.79 Å². The van der Waals surface area contributed by atoms with Gasteiger partial charge in [0.25, 0.3) is 0 Å². The third-order valence-corrected chi connectivity index (χ3v) is 2.53. The quantitative estimate of drug-likeness (QED) is 0.572. The van der Waals surface area contributed by atoms with E-state index in [1.807, 2.05) is 0 Å². The molecule has 8 heteroatoms. The first kappa shape index (κ1) is 13.4. The highest BCUT2D eigenvalue weighted by Gasteiger charge is 2.23. The van der Waals surface area contributed by atoms with E-state index in [-0.39, 0.29) is 5.56 Å². The lowest BCUT2D eigenvalue weighted by Crippen LogP contribution is -2.15. The van der Waals surface area contributed by atoms with Crippen LogP contribution in [0.5, 0.6) is 5.75 Å². The number of benzene rings is 1. The van der Waals surface area contributed by atoms with E-state index in [1.165, 1.54) is 6.07 Å². The number of carboxylic acid groups (broad SMARTS) is 1. The molecule has 0 saturated carbocycles. The van der Waals surface area contributed by atoms with Crippen LogP contribution in [-0.4, -0.2) is 21.1 Å². The number of halogens is 1. The molecule has 0 fully saturated rings. The minimum absolute atomic E-state index is 0.0217. The van der Waals surface area contributed by atoms with Crippen molar-refractivity contribution in [1.29, 1.82) is 0 Å². The number of nitrogens with zero attached hydrogens (tertiary/aromatic N) is 1. The van der Waals surface area contributed by atoms with Gasteiger partial charge in [-0.25, -0.2) is 0 Å². The van der Waals surface area contributed by atoms with E-state index < -0.39 is 34.8 Å². The van der Waals surface area contributed by atoms with Gasteiger partial charge in [0.1, 0.15) is 0 Å². The number of rotatable bonds is 4. The van der Waals surface area contributed by atoms with Gasteiger partial charge in [0.2, 0.25) is 0 Å². The van der Waals surface area contributed by atoms with Gasteiger partial charge in [0, 0.05) is 22.1 Å². The first-order valence-electron chi connectivity index (χ1n) is 4.47. The van der Waals surface area contributed by atoms with Crippen molar-refractivity contribution in [2.45, 2.75) is 12.5 Å². The van der Waals surface area contributed by atoms with E-state index in [0.717, 1.165) is 6.07 Å². The molecule has 1 rings (SSSR count). The van der Waals surface area contributed by atoms with Crippen LogP contribution in [0.4, 0.5) is 5.69 Å². The fourth-order valence-corrected chi connectivity index (χ4v) is 1.79. The summed E-state index contributed by atoms with van der Waals surface area (Å²) in [6.07, 6.45) is -0.429. The average Bonchev–Trinajstić information content (AvgIpc) is 2.19. The van der Waals surface area contributed by atoms with Gasteiger partial charge in [-0.15, -0.1) is 0 Å². The number of nitrogens with two attached hydrogens (primary N) is 1. The highest BCUT2D eigenvalue weighted by atomic mass is 79.9. The van der Waals surface area contributed by atoms with E-state index in [0.29, 0.717) is 4.47 Å². The predicted octanol–water partition coefficient (Wildman–Crippen LogP) is 1.54. The Hall–Kier alpha value is -1.67. The van der Waals surface area contributed by atoms with Gasteiger partial charge in [0.05, 0.1) is 11.3 Å². The molecule has 4 N–H and O–H groups in total. The first-order chi connectivity index (χ1) is 7.82. The average molecular weight is 305 g/mol. The molecule has 0 radical (unpaired) electrons. The van der Waals surface area contributed by atoms with Crippen LogP contribution in [0, 0.1) is 10.1 Å². The van der Waals surface area contributed by atoms with Crippen LogP contribution < -0.4 is 5.73 Å². The van der Waals surface area contributed by atoms with Crippen LogP contribution in [0.15, 0.2) is 16.6 Å². The zero-order valence-corrected chi connectivity index (χ0v) is 10.0. The summed E-state index contributed by atoms with van der Waals surface area (Å²) in [7, 11) is 0. The fraction of sp³-hybridized carbons (Fsp3) is 0.222. The summed E-state index contributed by atoms with van der Waals surface area (Å²) < 4.78 is 0.345. The third-order valence-electron chi connectivity index (χ3n) is 2.07. The van der Waals surface area contributed by atoms with E-state index in [1.54, 1.807) is 0 Å². The number of nitro groups is 1. The lowest BCUT2D eigenvalue weighted by atomic mass is 10.0. The summed E-state index contributed by atoms with van der Waals surface area (Å²) in [6.45, 7) is 0. The van der Waals surface area contributed by atoms with Crippen molar-refractivity contribution in [2.24, 2.45) is 5.73 Å². The molecule has 92 valence electrons. The number of carbonyl (C=O) groups is 1. The number of phenols is 1. The van der Waals surface area contributed by atoms with Crippen LogP contribution in [0.2, 0.25) is 0 Å². The SMILES string of the molecule is NC(CC(=O)O)c1cc(Br)cc([N+](=O)[O-])c1O. The van der Waals surface area contributed by atoms with E-state index in [4.69, 9.17) is 10.8 Å². The van der Waals surface area contributed by atoms with Crippen molar-refractivity contribution >= 4 is 27.6 Å². The topological polar surface area (TPSA) is 127 Å². The van der Waals surface area contributed by atoms with Gasteiger partial charge in [-0.2, -0.15) is 0 Å². The molecule has 17 heavy (non-hydrogen) atoms. The van der Waals surface area contributed by atoms with Crippen molar-refractivity contribution in [3.8, 4) is 5.75 Å². The van der Waals surface area contributed by atoms with Gasteiger partial charge in [-0.3, -0.25) is 14.9 Å². The molecule has 0 heterocycles. The molecule has 0 bridgehead atoms. The number of phenolic OH excluding ortho intramolecular Hbond substituents is 1. The zero-order valence-electron chi connectivity index (χ0n) is 8.46. The maximum atomic E-state index is 10.6. The van der Waals surface area contributed by atoms with Gasteiger partial charge in [-0.1, -0.05) is 15.9 Å². The molecular formula is C9H9BrN2O5. The Morgan fingerprint density at radius 1 is 1.59 bits per heavy atom. The lowest BCUT2D eigenvalue weighted by molar-refractivity contribution is -0.386. The van der Waals surface area contributed by atoms with E-state index in [9.17, 15) is 20.0 Å². The summed E-state index contributed by atoms with van der Waals surface area (Å²) >= 11 is 3.03. The molecule has 0 saturated heterocycles. The second-order valence-corrected chi connectivity index (χ2v) is 4.24. The van der Waals surface area contributed by atoms with Gasteiger partial charge < -0.3 is 15.9 Å². The van der Waals surface area contributed by atoms with E-state index in [2.05, 4.69) is 15.9 Å². The van der Waals surface area contributed by atoms with Gasteiger partial charge in [-0.05, 0) is 6.07 Å². The molecule has 0 amide bonds. The highest BCUT2D eigenvalue weighted by molar-refractivity contribution is 9.10. The first-order valence-corrected chi connectivity index (χ1v) is 5.26. The zero-order chi connectivity index (χ0) is 13.2. The normalized spacial score (nSPS) is 12.1. The maximum absolute atomic E-state index is 10.6. The summed E-state index contributed by atoms with van der Waals surface area (Å²) in [5.41, 5.74) is 5.05. The molecule has 1 aromatic carbocycles. The Labute approximate surface area is 104 Å². The number of aromatic hydroxyl groups is 1. The van der Waals surface area contributed by atoms with Crippen LogP contribution in [0.25, 0.3) is 0 Å². The fourth-order valence-electron chi connectivity index (χ4n) is 1.33. The molecule has 1 unspecified atom stereocenters. The lowest BCUT2D eigenvalue weighted by Gasteiger charge is -2.11. The number of aliphatic carboxylic acids is 1. The van der Waals surface area contributed by atoms with Crippen LogP contribution in [0.3, 0.4) is 0 Å². The Balaban J connectivity index is 3.24. The summed E-state index contributed by atoms with van der Waals surface area (Å²) in [6, 6.07) is 1.46. The van der Waals surface area contributed by atoms with Crippen molar-refractivity contribution < 1.29 is 19.9 Å². The Kier molecular flexibility index (Phi) is 4.02. The van der Waals surface area contributed by atoms with Gasteiger partial charge >= 0.3 is 11.7 Å². The predicted molar refractivity (Wildman–Crippen MR) is 61.6 cm³/mol. The molecule has 0 aliphatic rings. The molecule has 1 aromatic rings. The number of hydrogen-bond acceptors (Lipinski definition) is 5. The van der Waals surface area contributed by atoms with Crippen LogP contribution in [0.1, 0.15) is 18.0 Å². The standard InChI is InChI=1S/C9H9BrN2O5/c10-4-1-5(6(11)3-8(13)14)9(15)7(2-4)12(16)17/h1-2,6,15H,3,11H2,(H,13,14). The van der Waals surface area contributed by atoms with Crippen LogP contribution >= 0.6 is 15.9 Å². The summed E-state index contributed by atoms with van der Waals surface area (Å²) in [5.74, 6) is -1.76. The molecule has 1 atom stereocenters. The molecule has 0 aliphatic heterocycles. The summed E-state index contributed by atoms with van der Waals surface area (Å²) in [4.78, 5) is 20.4. The van der Waals surface area contributed by atoms with E-state index >= 15 is 0 Å². The molecule has 7 nitrogen and oxygen atoms in total. The van der Waals surface area contributed by atoms with Crippen molar-refractivity contribution in [1.82, 2.24) is 0 Å². The molecule has 0 aliphatic carbocycles. The molecule has 0 spiro atoms. The second-order valence-electron chi connectivity index (χ2n) is 3.32. The molecule has 0 aromatic heterocycles. The number of hydrogen-bond donors (Lipinski definition) is 3. The number of carboxylic acids is 1. The molecular weight excluding hydrogens is 296 g/mol. The van der Waals surface area contributed by atoms with Crippen molar-refractivity contribution in [2.75, 3.05) is 0 Å². The van der Waals surface area contributed by atoms with Gasteiger partial charge in [0.15, 0.2) is 5.75 Å². The third kappa shape index (κ3) is 3.14. The Morgan fingerprint density at radius 2 is 2.18 bits per heavy atom. The minimum Gasteiger partial charge on any atom is -0.502 e. The second kappa shape index (κ2) is 5.11. The largest absolute Gasteiger partial charge is 0.502 e. The summed E-state index contributed by atoms with van der Waals surface area (Å²) in [5, 5.41) is 28.8. The Bertz CT molecular complexity index is 477. The highest BCUT2D eigenvalue weighted by Crippen LogP contribution is 2.36. The van der Waals surface area contributed by atoms with Crippen molar-refractivity contribution in [3.05, 3.63) is 32.3 Å². The Morgan fingerprint density at radius 3 is 2.65 bits per heavy atom. The maximum Gasteiger partial charge on any atom is 0.312 e. The smallest absolute Gasteiger partial charge is 0.312 e. The number of nitro benzene ring substituents is 1. The minimum atomic E-state index is -1.15. The monoisotopic (exact) mass is 304 g/mol. The van der Waals surface area contributed by atoms with Crippen molar-refractivity contribution in [3.63, 3.8) is 0 Å².